The molecule has 2 aliphatic rings. The topological polar surface area (TPSA) is 26.3 Å². The summed E-state index contributed by atoms with van der Waals surface area (Å²) in [7, 11) is 0. The van der Waals surface area contributed by atoms with Gasteiger partial charge in [-0.2, -0.15) is 0 Å². The van der Waals surface area contributed by atoms with E-state index in [-0.39, 0.29) is 5.60 Å². The Morgan fingerprint density at radius 1 is 1.28 bits per heavy atom. The van der Waals surface area contributed by atoms with E-state index >= 15 is 0 Å². The minimum absolute atomic E-state index is 0.221. The summed E-state index contributed by atoms with van der Waals surface area (Å²) in [5.74, 6) is 0. The molecule has 18 heavy (non-hydrogen) atoms. The highest BCUT2D eigenvalue weighted by atomic mass is 32.2. The van der Waals surface area contributed by atoms with Crippen molar-refractivity contribution >= 4 is 18.0 Å². The van der Waals surface area contributed by atoms with Gasteiger partial charge in [0.2, 0.25) is 0 Å². The molecular weight excluding hydrogens is 244 g/mol. The Labute approximate surface area is 112 Å². The van der Waals surface area contributed by atoms with Crippen LogP contribution < -0.4 is 0 Å². The average Bonchev–Trinajstić information content (AvgIpc) is 2.38. The van der Waals surface area contributed by atoms with Gasteiger partial charge in [0.15, 0.2) is 0 Å². The van der Waals surface area contributed by atoms with Gasteiger partial charge < -0.3 is 4.74 Å². The molecule has 96 valence electrons. The second-order valence-corrected chi connectivity index (χ2v) is 6.68. The fourth-order valence-corrected chi connectivity index (χ4v) is 4.10. The van der Waals surface area contributed by atoms with E-state index < -0.39 is 0 Å². The summed E-state index contributed by atoms with van der Waals surface area (Å²) in [6.07, 6.45) is 7.04. The lowest BCUT2D eigenvalue weighted by atomic mass is 9.75. The number of benzene rings is 1. The van der Waals surface area contributed by atoms with Crippen molar-refractivity contribution in [3.8, 4) is 0 Å². The number of ether oxygens (including phenoxy) is 1. The van der Waals surface area contributed by atoms with E-state index in [9.17, 15) is 4.79 Å². The predicted molar refractivity (Wildman–Crippen MR) is 73.2 cm³/mol. The lowest BCUT2D eigenvalue weighted by Gasteiger charge is -2.47. The molecule has 3 rings (SSSR count). The molecule has 0 bridgehead atoms. The Hall–Kier alpha value is -0.800. The number of carbonyl (C=O) groups excluding carboxylic acids is 1. The first-order valence-electron chi connectivity index (χ1n) is 6.66. The van der Waals surface area contributed by atoms with Crippen LogP contribution in [0.25, 0.3) is 0 Å². The summed E-state index contributed by atoms with van der Waals surface area (Å²) < 4.78 is 5.95. The number of hydrogen-bond acceptors (Lipinski definition) is 3. The molecule has 0 amide bonds. The summed E-state index contributed by atoms with van der Waals surface area (Å²) >= 11 is 1.94. The van der Waals surface area contributed by atoms with Gasteiger partial charge in [0, 0.05) is 22.3 Å². The normalized spacial score (nSPS) is 25.7. The second kappa shape index (κ2) is 5.06. The van der Waals surface area contributed by atoms with Crippen molar-refractivity contribution in [1.29, 1.82) is 0 Å². The van der Waals surface area contributed by atoms with Crippen LogP contribution in [-0.4, -0.2) is 23.7 Å². The molecular formula is C15H18O2S. The number of carbonyl (C=O) groups is 1. The molecule has 1 spiro atoms. The van der Waals surface area contributed by atoms with Crippen LogP contribution in [0.2, 0.25) is 0 Å². The van der Waals surface area contributed by atoms with Gasteiger partial charge in [0.05, 0.1) is 5.60 Å². The van der Waals surface area contributed by atoms with Gasteiger partial charge in [-0.15, -0.1) is 11.8 Å². The summed E-state index contributed by atoms with van der Waals surface area (Å²) in [6.45, 7) is 0.907. The maximum absolute atomic E-state index is 10.6. The fraction of sp³-hybridized carbons (Fsp3) is 0.533. The summed E-state index contributed by atoms with van der Waals surface area (Å²) in [6, 6.07) is 7.90. The molecule has 1 aliphatic heterocycles. The van der Waals surface area contributed by atoms with Crippen molar-refractivity contribution in [2.75, 3.05) is 6.61 Å². The molecule has 0 N–H and O–H groups in total. The molecule has 0 aromatic heterocycles. The quantitative estimate of drug-likeness (QED) is 0.777. The highest BCUT2D eigenvalue weighted by Crippen LogP contribution is 2.46. The Bertz CT molecular complexity index is 423. The molecule has 2 nitrogen and oxygen atoms in total. The zero-order valence-corrected chi connectivity index (χ0v) is 11.2. The van der Waals surface area contributed by atoms with E-state index in [0.29, 0.717) is 5.25 Å². The van der Waals surface area contributed by atoms with E-state index in [1.165, 1.54) is 30.6 Å². The van der Waals surface area contributed by atoms with Crippen molar-refractivity contribution in [1.82, 2.24) is 0 Å². The molecule has 3 heteroatoms. The van der Waals surface area contributed by atoms with Crippen LogP contribution >= 0.6 is 11.8 Å². The Morgan fingerprint density at radius 3 is 2.67 bits per heavy atom. The van der Waals surface area contributed by atoms with Gasteiger partial charge in [-0.25, -0.2) is 0 Å². The predicted octanol–water partition coefficient (Wildman–Crippen LogP) is 3.69. The summed E-state index contributed by atoms with van der Waals surface area (Å²) in [5, 5.41) is 0.668. The third-order valence-corrected chi connectivity index (χ3v) is 5.31. The molecule has 0 radical (unpaired) electrons. The van der Waals surface area contributed by atoms with Gasteiger partial charge in [0.25, 0.3) is 0 Å². The first-order chi connectivity index (χ1) is 8.80. The van der Waals surface area contributed by atoms with Crippen LogP contribution in [0, 0.1) is 0 Å². The van der Waals surface area contributed by atoms with Crippen LogP contribution in [0.15, 0.2) is 29.2 Å². The lowest BCUT2D eigenvalue weighted by Crippen LogP contribution is -2.46. The zero-order valence-electron chi connectivity index (χ0n) is 10.4. The molecule has 1 aromatic carbocycles. The standard InChI is InChI=1S/C15H18O2S/c16-11-12-2-4-13(5-3-12)18-14-6-9-17-15(10-14)7-1-8-15/h2-5,11,14H,1,6-10H2. The molecule has 1 saturated heterocycles. The number of aldehydes is 1. The Morgan fingerprint density at radius 2 is 2.06 bits per heavy atom. The lowest BCUT2D eigenvalue weighted by molar-refractivity contribution is -0.125. The smallest absolute Gasteiger partial charge is 0.150 e. The number of rotatable bonds is 3. The first-order valence-corrected chi connectivity index (χ1v) is 7.54. The minimum Gasteiger partial charge on any atom is -0.375 e. The van der Waals surface area contributed by atoms with Gasteiger partial charge in [-0.3, -0.25) is 4.79 Å². The number of hydrogen-bond donors (Lipinski definition) is 0. The monoisotopic (exact) mass is 262 g/mol. The van der Waals surface area contributed by atoms with E-state index in [1.54, 1.807) is 0 Å². The van der Waals surface area contributed by atoms with Crippen LogP contribution in [0.4, 0.5) is 0 Å². The molecule has 1 saturated carbocycles. The van der Waals surface area contributed by atoms with Gasteiger partial charge in [0.1, 0.15) is 6.29 Å². The first kappa shape index (κ1) is 12.2. The Balaban J connectivity index is 1.62. The summed E-state index contributed by atoms with van der Waals surface area (Å²) in [4.78, 5) is 11.9. The molecule has 1 aromatic rings. The Kier molecular flexibility index (Phi) is 3.44. The third kappa shape index (κ3) is 2.47. The summed E-state index contributed by atoms with van der Waals surface area (Å²) in [5.41, 5.74) is 0.973. The average molecular weight is 262 g/mol. The molecule has 1 atom stereocenters. The van der Waals surface area contributed by atoms with Crippen molar-refractivity contribution in [3.63, 3.8) is 0 Å². The van der Waals surface area contributed by atoms with Crippen LogP contribution in [0.1, 0.15) is 42.5 Å². The van der Waals surface area contributed by atoms with Crippen molar-refractivity contribution < 1.29 is 9.53 Å². The van der Waals surface area contributed by atoms with Gasteiger partial charge in [-0.05, 0) is 44.2 Å². The molecule has 1 heterocycles. The maximum atomic E-state index is 10.6. The van der Waals surface area contributed by atoms with Crippen LogP contribution in [0.3, 0.4) is 0 Å². The molecule has 2 fully saturated rings. The van der Waals surface area contributed by atoms with Crippen molar-refractivity contribution in [2.24, 2.45) is 0 Å². The number of thioether (sulfide) groups is 1. The van der Waals surface area contributed by atoms with E-state index in [0.717, 1.165) is 24.9 Å². The SMILES string of the molecule is O=Cc1ccc(SC2CCOC3(CCC3)C2)cc1. The van der Waals surface area contributed by atoms with Crippen LogP contribution in [-0.2, 0) is 4.74 Å². The van der Waals surface area contributed by atoms with E-state index in [1.807, 2.05) is 23.9 Å². The van der Waals surface area contributed by atoms with Gasteiger partial charge in [-0.1, -0.05) is 12.1 Å². The molecule has 1 unspecified atom stereocenters. The third-order valence-electron chi connectivity index (χ3n) is 4.03. The van der Waals surface area contributed by atoms with E-state index in [2.05, 4.69) is 12.1 Å². The van der Waals surface area contributed by atoms with Crippen molar-refractivity contribution in [3.05, 3.63) is 29.8 Å². The van der Waals surface area contributed by atoms with Crippen molar-refractivity contribution in [2.45, 2.75) is 47.9 Å². The fourth-order valence-electron chi connectivity index (χ4n) is 2.82. The highest BCUT2D eigenvalue weighted by molar-refractivity contribution is 8.00. The molecule has 1 aliphatic carbocycles. The highest BCUT2D eigenvalue weighted by Gasteiger charge is 2.42. The maximum Gasteiger partial charge on any atom is 0.150 e. The minimum atomic E-state index is 0.221. The largest absolute Gasteiger partial charge is 0.375 e. The van der Waals surface area contributed by atoms with E-state index in [4.69, 9.17) is 4.74 Å². The second-order valence-electron chi connectivity index (χ2n) is 5.30. The van der Waals surface area contributed by atoms with Crippen LogP contribution in [0.5, 0.6) is 0 Å². The zero-order chi connectivity index (χ0) is 12.4. The van der Waals surface area contributed by atoms with Gasteiger partial charge >= 0.3 is 0 Å².